The number of aliphatic hydroxyl groups excluding tert-OH is 1. The zero-order valence-corrected chi connectivity index (χ0v) is 6.88. The van der Waals surface area contributed by atoms with Crippen molar-refractivity contribution in [2.45, 2.75) is 45.8 Å². The maximum atomic E-state index is 9.49. The first-order chi connectivity index (χ1) is 4.75. The molecule has 2 heteroatoms. The fraction of sp³-hybridized carbons (Fsp3) is 1.00. The van der Waals surface area contributed by atoms with Crippen molar-refractivity contribution in [3.63, 3.8) is 0 Å². The topological polar surface area (TPSA) is 23.5 Å². The minimum atomic E-state index is -0.104. The smallest absolute Gasteiger partial charge is 0.0692 e. The molecule has 11 heavy (non-hydrogen) atoms. The van der Waals surface area contributed by atoms with Gasteiger partial charge in [0.05, 0.1) is 6.10 Å². The van der Waals surface area contributed by atoms with Crippen molar-refractivity contribution in [3.8, 4) is 0 Å². The standard InChI is InChI=1S/C8H17NO.CH4/c1-3-8(10)7-5-4-6-9(7)2;/h7-8,10H,3-6H2,1-2H3;1H4. The summed E-state index contributed by atoms with van der Waals surface area (Å²) in [5.74, 6) is 0. The van der Waals surface area contributed by atoms with Crippen LogP contribution in [0.2, 0.25) is 0 Å². The van der Waals surface area contributed by atoms with Crippen LogP contribution < -0.4 is 0 Å². The minimum absolute atomic E-state index is 0. The first-order valence-electron chi connectivity index (χ1n) is 4.14. The van der Waals surface area contributed by atoms with Gasteiger partial charge in [0.25, 0.3) is 0 Å². The van der Waals surface area contributed by atoms with Crippen molar-refractivity contribution in [2.24, 2.45) is 0 Å². The molecule has 0 bridgehead atoms. The second kappa shape index (κ2) is 4.73. The van der Waals surface area contributed by atoms with Crippen LogP contribution in [0.1, 0.15) is 33.6 Å². The molecule has 1 heterocycles. The van der Waals surface area contributed by atoms with E-state index >= 15 is 0 Å². The van der Waals surface area contributed by atoms with Gasteiger partial charge in [0.2, 0.25) is 0 Å². The molecule has 0 spiro atoms. The second-order valence-corrected chi connectivity index (χ2v) is 3.17. The lowest BCUT2D eigenvalue weighted by Crippen LogP contribution is -2.35. The SMILES string of the molecule is C.CCC(O)C1CCCN1C. The van der Waals surface area contributed by atoms with Crippen LogP contribution in [-0.2, 0) is 0 Å². The summed E-state index contributed by atoms with van der Waals surface area (Å²) in [4.78, 5) is 2.26. The van der Waals surface area contributed by atoms with Gasteiger partial charge in [-0.1, -0.05) is 14.4 Å². The normalized spacial score (nSPS) is 28.1. The van der Waals surface area contributed by atoms with E-state index in [1.165, 1.54) is 12.8 Å². The Morgan fingerprint density at radius 2 is 2.27 bits per heavy atom. The molecule has 1 saturated heterocycles. The van der Waals surface area contributed by atoms with E-state index in [2.05, 4.69) is 11.9 Å². The predicted octanol–water partition coefficient (Wildman–Crippen LogP) is 1.49. The van der Waals surface area contributed by atoms with Gasteiger partial charge in [-0.25, -0.2) is 0 Å². The van der Waals surface area contributed by atoms with Gasteiger partial charge >= 0.3 is 0 Å². The first kappa shape index (κ1) is 10.9. The third kappa shape index (κ3) is 2.46. The zero-order chi connectivity index (χ0) is 7.56. The lowest BCUT2D eigenvalue weighted by Gasteiger charge is -2.23. The zero-order valence-electron chi connectivity index (χ0n) is 6.88. The van der Waals surface area contributed by atoms with Gasteiger partial charge in [-0.2, -0.15) is 0 Å². The van der Waals surface area contributed by atoms with Gasteiger partial charge in [0.15, 0.2) is 0 Å². The highest BCUT2D eigenvalue weighted by Crippen LogP contribution is 2.19. The van der Waals surface area contributed by atoms with Crippen molar-refractivity contribution in [3.05, 3.63) is 0 Å². The van der Waals surface area contributed by atoms with E-state index in [9.17, 15) is 5.11 Å². The van der Waals surface area contributed by atoms with Crippen LogP contribution in [0.3, 0.4) is 0 Å². The van der Waals surface area contributed by atoms with E-state index in [1.54, 1.807) is 0 Å². The summed E-state index contributed by atoms with van der Waals surface area (Å²) in [6.45, 7) is 3.19. The number of hydrogen-bond acceptors (Lipinski definition) is 2. The van der Waals surface area contributed by atoms with Crippen LogP contribution in [0.5, 0.6) is 0 Å². The summed E-state index contributed by atoms with van der Waals surface area (Å²) >= 11 is 0. The van der Waals surface area contributed by atoms with Gasteiger partial charge in [-0.05, 0) is 32.9 Å². The Morgan fingerprint density at radius 3 is 2.64 bits per heavy atom. The lowest BCUT2D eigenvalue weighted by molar-refractivity contribution is 0.0826. The predicted molar refractivity (Wildman–Crippen MR) is 48.7 cm³/mol. The van der Waals surface area contributed by atoms with Crippen LogP contribution in [0.4, 0.5) is 0 Å². The molecular weight excluding hydrogens is 138 g/mol. The summed E-state index contributed by atoms with van der Waals surface area (Å²) in [6, 6.07) is 0.435. The number of likely N-dealkylation sites (tertiary alicyclic amines) is 1. The molecule has 2 nitrogen and oxygen atoms in total. The average molecular weight is 159 g/mol. The number of likely N-dealkylation sites (N-methyl/N-ethyl adjacent to an activating group) is 1. The van der Waals surface area contributed by atoms with Gasteiger partial charge in [-0.15, -0.1) is 0 Å². The van der Waals surface area contributed by atoms with E-state index in [-0.39, 0.29) is 13.5 Å². The van der Waals surface area contributed by atoms with Gasteiger partial charge in [0.1, 0.15) is 0 Å². The number of aliphatic hydroxyl groups is 1. The molecule has 0 aromatic carbocycles. The Morgan fingerprint density at radius 1 is 1.64 bits per heavy atom. The molecule has 0 saturated carbocycles. The summed E-state index contributed by atoms with van der Waals surface area (Å²) in [5.41, 5.74) is 0. The monoisotopic (exact) mass is 159 g/mol. The highest BCUT2D eigenvalue weighted by Gasteiger charge is 2.26. The fourth-order valence-corrected chi connectivity index (χ4v) is 1.69. The van der Waals surface area contributed by atoms with Crippen LogP contribution >= 0.6 is 0 Å². The van der Waals surface area contributed by atoms with Crippen LogP contribution in [0.25, 0.3) is 0 Å². The molecule has 68 valence electrons. The van der Waals surface area contributed by atoms with Crippen molar-refractivity contribution < 1.29 is 5.11 Å². The molecule has 0 aliphatic carbocycles. The van der Waals surface area contributed by atoms with E-state index < -0.39 is 0 Å². The molecule has 0 radical (unpaired) electrons. The quantitative estimate of drug-likeness (QED) is 0.660. The van der Waals surface area contributed by atoms with Crippen molar-refractivity contribution in [2.75, 3.05) is 13.6 Å². The number of rotatable bonds is 2. The van der Waals surface area contributed by atoms with Crippen molar-refractivity contribution in [1.29, 1.82) is 0 Å². The summed E-state index contributed by atoms with van der Waals surface area (Å²) in [5, 5.41) is 9.49. The van der Waals surface area contributed by atoms with Crippen molar-refractivity contribution in [1.82, 2.24) is 4.90 Å². The number of hydrogen-bond donors (Lipinski definition) is 1. The van der Waals surface area contributed by atoms with Gasteiger partial charge in [-0.3, -0.25) is 0 Å². The summed E-state index contributed by atoms with van der Waals surface area (Å²) in [6.07, 6.45) is 3.20. The van der Waals surface area contributed by atoms with Crippen LogP contribution in [0.15, 0.2) is 0 Å². The average Bonchev–Trinajstić information content (AvgIpc) is 2.34. The third-order valence-corrected chi connectivity index (χ3v) is 2.44. The molecule has 0 aromatic rings. The number of nitrogens with zero attached hydrogens (tertiary/aromatic N) is 1. The van der Waals surface area contributed by atoms with Gasteiger partial charge in [0, 0.05) is 6.04 Å². The van der Waals surface area contributed by atoms with E-state index in [0.29, 0.717) is 6.04 Å². The molecule has 1 aliphatic heterocycles. The summed E-state index contributed by atoms with van der Waals surface area (Å²) < 4.78 is 0. The molecular formula is C9H21NO. The molecule has 2 unspecified atom stereocenters. The lowest BCUT2D eigenvalue weighted by atomic mass is 10.1. The van der Waals surface area contributed by atoms with Crippen molar-refractivity contribution >= 4 is 0 Å². The molecule has 0 amide bonds. The van der Waals surface area contributed by atoms with Crippen LogP contribution in [-0.4, -0.2) is 35.7 Å². The maximum absolute atomic E-state index is 9.49. The Hall–Kier alpha value is -0.0800. The molecule has 2 atom stereocenters. The molecule has 0 aromatic heterocycles. The highest BCUT2D eigenvalue weighted by atomic mass is 16.3. The maximum Gasteiger partial charge on any atom is 0.0692 e. The Labute approximate surface area is 70.2 Å². The first-order valence-corrected chi connectivity index (χ1v) is 4.14. The van der Waals surface area contributed by atoms with Gasteiger partial charge < -0.3 is 10.0 Å². The highest BCUT2D eigenvalue weighted by molar-refractivity contribution is 4.81. The van der Waals surface area contributed by atoms with E-state index in [4.69, 9.17) is 0 Å². The van der Waals surface area contributed by atoms with E-state index in [0.717, 1.165) is 13.0 Å². The molecule has 1 N–H and O–H groups in total. The third-order valence-electron chi connectivity index (χ3n) is 2.44. The van der Waals surface area contributed by atoms with E-state index in [1.807, 2.05) is 6.92 Å². The Kier molecular flexibility index (Phi) is 4.69. The Balaban J connectivity index is 0.000001000. The minimum Gasteiger partial charge on any atom is -0.392 e. The summed E-state index contributed by atoms with van der Waals surface area (Å²) in [7, 11) is 2.09. The van der Waals surface area contributed by atoms with Crippen LogP contribution in [0, 0.1) is 0 Å². The molecule has 1 fully saturated rings. The fourth-order valence-electron chi connectivity index (χ4n) is 1.69. The largest absolute Gasteiger partial charge is 0.392 e. The second-order valence-electron chi connectivity index (χ2n) is 3.17. The molecule has 1 rings (SSSR count). The molecule has 1 aliphatic rings. The Bertz CT molecular complexity index is 106.